The second-order valence-corrected chi connectivity index (χ2v) is 6.33. The predicted octanol–water partition coefficient (Wildman–Crippen LogP) is 2.98. The summed E-state index contributed by atoms with van der Waals surface area (Å²) in [5, 5.41) is 7.86. The molecule has 1 saturated heterocycles. The summed E-state index contributed by atoms with van der Waals surface area (Å²) in [6.45, 7) is -1.15. The molecule has 0 saturated carbocycles. The van der Waals surface area contributed by atoms with Crippen molar-refractivity contribution in [3.8, 4) is 17.4 Å². The van der Waals surface area contributed by atoms with E-state index in [9.17, 15) is 13.2 Å². The fourth-order valence-corrected chi connectivity index (χ4v) is 2.97. The molecule has 4 rings (SSSR count). The molecule has 0 atom stereocenters. The molecule has 0 spiro atoms. The minimum absolute atomic E-state index is 0.0606. The second-order valence-electron chi connectivity index (χ2n) is 6.33. The maximum absolute atomic E-state index is 13.6. The van der Waals surface area contributed by atoms with Crippen molar-refractivity contribution in [1.82, 2.24) is 25.0 Å². The fraction of sp³-hybridized carbons (Fsp3) is 0.333. The van der Waals surface area contributed by atoms with Gasteiger partial charge in [0.15, 0.2) is 11.6 Å². The van der Waals surface area contributed by atoms with Crippen LogP contribution >= 0.6 is 0 Å². The molecule has 1 aromatic carbocycles. The molecule has 2 aromatic heterocycles. The highest BCUT2D eigenvalue weighted by Crippen LogP contribution is 2.23. The summed E-state index contributed by atoms with van der Waals surface area (Å²) in [7, 11) is 0. The smallest absolute Gasteiger partial charge is 0.387 e. The van der Waals surface area contributed by atoms with Crippen LogP contribution in [0, 0.1) is 5.82 Å². The van der Waals surface area contributed by atoms with Gasteiger partial charge in [0.2, 0.25) is 0 Å². The highest BCUT2D eigenvalue weighted by atomic mass is 19.3. The van der Waals surface area contributed by atoms with E-state index in [0.717, 1.165) is 43.9 Å². The van der Waals surface area contributed by atoms with E-state index in [0.29, 0.717) is 11.4 Å². The molecule has 29 heavy (non-hydrogen) atoms. The summed E-state index contributed by atoms with van der Waals surface area (Å²) in [6.07, 6.45) is 5.44. The Bertz CT molecular complexity index is 978. The SMILES string of the molecule is Fc1ccc(-n2cc(COc3nccc(N4CCCC4)n3)nn2)cc1OC(F)F. The first kappa shape index (κ1) is 19.0. The van der Waals surface area contributed by atoms with E-state index < -0.39 is 18.2 Å². The molecule has 3 aromatic rings. The van der Waals surface area contributed by atoms with Crippen LogP contribution in [0.25, 0.3) is 5.69 Å². The number of aromatic nitrogens is 5. The zero-order valence-electron chi connectivity index (χ0n) is 15.2. The average molecular weight is 406 g/mol. The Kier molecular flexibility index (Phi) is 5.45. The molecule has 0 bridgehead atoms. The summed E-state index contributed by atoms with van der Waals surface area (Å²) < 4.78 is 49.4. The summed E-state index contributed by atoms with van der Waals surface area (Å²) >= 11 is 0. The molecule has 1 fully saturated rings. The van der Waals surface area contributed by atoms with Crippen LogP contribution < -0.4 is 14.4 Å². The standard InChI is InChI=1S/C18H17F3N6O2/c19-14-4-3-13(9-15(14)29-17(20)21)27-10-12(24-25-27)11-28-18-22-6-5-16(23-18)26-7-1-2-8-26/h3-6,9-10,17H,1-2,7-8,11H2. The molecule has 11 heteroatoms. The van der Waals surface area contributed by atoms with Crippen molar-refractivity contribution in [1.29, 1.82) is 0 Å². The normalized spacial score (nSPS) is 13.9. The molecule has 0 unspecified atom stereocenters. The van der Waals surface area contributed by atoms with Gasteiger partial charge in [0.25, 0.3) is 0 Å². The predicted molar refractivity (Wildman–Crippen MR) is 95.8 cm³/mol. The zero-order chi connectivity index (χ0) is 20.2. The largest absolute Gasteiger partial charge is 0.457 e. The number of halogens is 3. The van der Waals surface area contributed by atoms with Crippen molar-refractivity contribution in [2.24, 2.45) is 0 Å². The van der Waals surface area contributed by atoms with E-state index in [1.54, 1.807) is 6.20 Å². The first-order valence-electron chi connectivity index (χ1n) is 8.95. The van der Waals surface area contributed by atoms with Gasteiger partial charge < -0.3 is 14.4 Å². The lowest BCUT2D eigenvalue weighted by atomic mass is 10.3. The maximum atomic E-state index is 13.6. The minimum atomic E-state index is -3.13. The van der Waals surface area contributed by atoms with Crippen LogP contribution in [-0.4, -0.2) is 44.7 Å². The molecule has 0 N–H and O–H groups in total. The lowest BCUT2D eigenvalue weighted by Crippen LogP contribution is -2.19. The van der Waals surface area contributed by atoms with Gasteiger partial charge in [-0.15, -0.1) is 5.10 Å². The molecular weight excluding hydrogens is 389 g/mol. The lowest BCUT2D eigenvalue weighted by Gasteiger charge is -2.16. The number of rotatable bonds is 7. The van der Waals surface area contributed by atoms with Crippen LogP contribution in [-0.2, 0) is 6.61 Å². The third-order valence-corrected chi connectivity index (χ3v) is 4.33. The Balaban J connectivity index is 1.43. The average Bonchev–Trinajstić information content (AvgIpc) is 3.40. The van der Waals surface area contributed by atoms with Gasteiger partial charge in [-0.2, -0.15) is 13.8 Å². The highest BCUT2D eigenvalue weighted by Gasteiger charge is 2.15. The topological polar surface area (TPSA) is 78.2 Å². The summed E-state index contributed by atoms with van der Waals surface area (Å²) in [4.78, 5) is 10.7. The van der Waals surface area contributed by atoms with E-state index in [4.69, 9.17) is 4.74 Å². The highest BCUT2D eigenvalue weighted by molar-refractivity contribution is 5.40. The molecule has 0 amide bonds. The van der Waals surface area contributed by atoms with E-state index >= 15 is 0 Å². The number of anilines is 1. The molecule has 1 aliphatic rings. The molecule has 1 aliphatic heterocycles. The van der Waals surface area contributed by atoms with Gasteiger partial charge in [0.05, 0.1) is 11.9 Å². The quantitative estimate of drug-likeness (QED) is 0.597. The Morgan fingerprint density at radius 1 is 1.14 bits per heavy atom. The first-order valence-corrected chi connectivity index (χ1v) is 8.95. The van der Waals surface area contributed by atoms with Crippen LogP contribution in [0.4, 0.5) is 19.0 Å². The lowest BCUT2D eigenvalue weighted by molar-refractivity contribution is -0.0521. The van der Waals surface area contributed by atoms with Crippen molar-refractivity contribution in [3.63, 3.8) is 0 Å². The second kappa shape index (κ2) is 8.33. The Morgan fingerprint density at radius 3 is 2.76 bits per heavy atom. The van der Waals surface area contributed by atoms with E-state index in [-0.39, 0.29) is 12.6 Å². The van der Waals surface area contributed by atoms with Crippen LogP contribution in [0.1, 0.15) is 18.5 Å². The van der Waals surface area contributed by atoms with Gasteiger partial charge in [-0.25, -0.2) is 14.1 Å². The Morgan fingerprint density at radius 2 is 1.97 bits per heavy atom. The number of hydrogen-bond donors (Lipinski definition) is 0. The number of hydrogen-bond acceptors (Lipinski definition) is 7. The van der Waals surface area contributed by atoms with Crippen molar-refractivity contribution >= 4 is 5.82 Å². The van der Waals surface area contributed by atoms with Crippen molar-refractivity contribution in [2.75, 3.05) is 18.0 Å². The van der Waals surface area contributed by atoms with Gasteiger partial charge in [-0.1, -0.05) is 5.21 Å². The van der Waals surface area contributed by atoms with Gasteiger partial charge in [-0.3, -0.25) is 0 Å². The first-order chi connectivity index (χ1) is 14.1. The van der Waals surface area contributed by atoms with Gasteiger partial charge in [-0.05, 0) is 31.0 Å². The Labute approximate surface area is 163 Å². The summed E-state index contributed by atoms with van der Waals surface area (Å²) in [5.41, 5.74) is 0.772. The third-order valence-electron chi connectivity index (χ3n) is 4.33. The van der Waals surface area contributed by atoms with Crippen molar-refractivity contribution in [2.45, 2.75) is 26.1 Å². The number of benzene rings is 1. The van der Waals surface area contributed by atoms with Crippen LogP contribution in [0.3, 0.4) is 0 Å². The van der Waals surface area contributed by atoms with E-state index in [1.807, 2.05) is 6.07 Å². The van der Waals surface area contributed by atoms with Crippen molar-refractivity contribution in [3.05, 3.63) is 48.2 Å². The molecule has 8 nitrogen and oxygen atoms in total. The molecule has 0 aliphatic carbocycles. The molecule has 3 heterocycles. The fourth-order valence-electron chi connectivity index (χ4n) is 2.97. The van der Waals surface area contributed by atoms with Crippen molar-refractivity contribution < 1.29 is 22.6 Å². The van der Waals surface area contributed by atoms with E-state index in [2.05, 4.69) is 29.9 Å². The minimum Gasteiger partial charge on any atom is -0.457 e. The third kappa shape index (κ3) is 4.55. The molecule has 152 valence electrons. The number of alkyl halides is 2. The van der Waals surface area contributed by atoms with Crippen LogP contribution in [0.2, 0.25) is 0 Å². The molecule has 0 radical (unpaired) electrons. The Hall–Kier alpha value is -3.37. The van der Waals surface area contributed by atoms with Gasteiger partial charge >= 0.3 is 12.6 Å². The monoisotopic (exact) mass is 406 g/mol. The maximum Gasteiger partial charge on any atom is 0.387 e. The number of ether oxygens (including phenoxy) is 2. The number of nitrogens with zero attached hydrogens (tertiary/aromatic N) is 6. The van der Waals surface area contributed by atoms with E-state index in [1.165, 1.54) is 16.9 Å². The molecular formula is C18H17F3N6O2. The van der Waals surface area contributed by atoms with Gasteiger partial charge in [0, 0.05) is 25.4 Å². The summed E-state index contributed by atoms with van der Waals surface area (Å²) in [5.74, 6) is -0.653. The summed E-state index contributed by atoms with van der Waals surface area (Å²) in [6, 6.07) is 5.56. The van der Waals surface area contributed by atoms with Crippen LogP contribution in [0.5, 0.6) is 11.8 Å². The van der Waals surface area contributed by atoms with Gasteiger partial charge in [0.1, 0.15) is 18.1 Å². The van der Waals surface area contributed by atoms with Crippen LogP contribution in [0.15, 0.2) is 36.7 Å². The zero-order valence-corrected chi connectivity index (χ0v) is 15.2.